The molecule has 0 aliphatic heterocycles. The van der Waals surface area contributed by atoms with Gasteiger partial charge in [0.1, 0.15) is 5.75 Å². The van der Waals surface area contributed by atoms with Gasteiger partial charge in [0, 0.05) is 12.3 Å². The first-order valence-corrected chi connectivity index (χ1v) is 11.0. The second-order valence-corrected chi connectivity index (χ2v) is 8.90. The standard InChI is InChI=1S/C24H36F2O/c1-3-4-5-6-18-7-9-19(10-8-18)21-13-16-23(24(25,26)17-21)20-11-14-22(27-2)15-12-20/h11-12,14-15,18-19,21,23H,3-10,13,16-17H2,1-2H3. The second-order valence-electron chi connectivity index (χ2n) is 8.90. The van der Waals surface area contributed by atoms with Crippen molar-refractivity contribution in [1.29, 1.82) is 0 Å². The topological polar surface area (TPSA) is 9.23 Å². The third-order valence-electron chi connectivity index (χ3n) is 7.16. The summed E-state index contributed by atoms with van der Waals surface area (Å²) in [5.41, 5.74) is 0.763. The lowest BCUT2D eigenvalue weighted by Gasteiger charge is -2.41. The van der Waals surface area contributed by atoms with E-state index in [1.165, 1.54) is 51.4 Å². The molecule has 27 heavy (non-hydrogen) atoms. The molecule has 3 rings (SSSR count). The highest BCUT2D eigenvalue weighted by Crippen LogP contribution is 2.51. The number of unbranched alkanes of at least 4 members (excludes halogenated alkanes) is 2. The molecule has 0 saturated heterocycles. The Bertz CT molecular complexity index is 560. The molecular weight excluding hydrogens is 342 g/mol. The molecule has 1 aromatic carbocycles. The van der Waals surface area contributed by atoms with Crippen LogP contribution in [0.3, 0.4) is 0 Å². The number of halogens is 2. The minimum absolute atomic E-state index is 0.0782. The first kappa shape index (κ1) is 20.6. The van der Waals surface area contributed by atoms with Crippen LogP contribution in [0.25, 0.3) is 0 Å². The third kappa shape index (κ3) is 5.23. The summed E-state index contributed by atoms with van der Waals surface area (Å²) in [5, 5.41) is 0. The Morgan fingerprint density at radius 3 is 2.19 bits per heavy atom. The van der Waals surface area contributed by atoms with E-state index >= 15 is 0 Å². The normalized spacial score (nSPS) is 30.8. The Morgan fingerprint density at radius 1 is 0.926 bits per heavy atom. The molecule has 152 valence electrons. The van der Waals surface area contributed by atoms with Crippen LogP contribution in [0, 0.1) is 17.8 Å². The lowest BCUT2D eigenvalue weighted by Crippen LogP contribution is -2.37. The number of ether oxygens (including phenoxy) is 1. The maximum Gasteiger partial charge on any atom is 0.255 e. The minimum Gasteiger partial charge on any atom is -0.497 e. The van der Waals surface area contributed by atoms with Crippen LogP contribution in [0.2, 0.25) is 0 Å². The van der Waals surface area contributed by atoms with Crippen molar-refractivity contribution in [2.24, 2.45) is 17.8 Å². The Morgan fingerprint density at radius 2 is 1.59 bits per heavy atom. The summed E-state index contributed by atoms with van der Waals surface area (Å²) in [4.78, 5) is 0. The van der Waals surface area contributed by atoms with Crippen molar-refractivity contribution in [2.75, 3.05) is 7.11 Å². The van der Waals surface area contributed by atoms with Crippen LogP contribution < -0.4 is 4.74 Å². The quantitative estimate of drug-likeness (QED) is 0.444. The zero-order valence-corrected chi connectivity index (χ0v) is 17.1. The summed E-state index contributed by atoms with van der Waals surface area (Å²) in [6, 6.07) is 7.24. The van der Waals surface area contributed by atoms with E-state index in [-0.39, 0.29) is 12.3 Å². The largest absolute Gasteiger partial charge is 0.497 e. The number of benzene rings is 1. The molecule has 2 fully saturated rings. The maximum absolute atomic E-state index is 15.0. The van der Waals surface area contributed by atoms with Crippen molar-refractivity contribution in [3.05, 3.63) is 29.8 Å². The summed E-state index contributed by atoms with van der Waals surface area (Å²) >= 11 is 0. The van der Waals surface area contributed by atoms with E-state index in [0.29, 0.717) is 12.3 Å². The van der Waals surface area contributed by atoms with E-state index in [4.69, 9.17) is 4.74 Å². The second kappa shape index (κ2) is 9.39. The molecule has 0 N–H and O–H groups in total. The Hall–Kier alpha value is -1.12. The molecule has 3 heteroatoms. The van der Waals surface area contributed by atoms with Gasteiger partial charge in [-0.1, -0.05) is 57.6 Å². The molecule has 0 aromatic heterocycles. The van der Waals surface area contributed by atoms with Gasteiger partial charge < -0.3 is 4.74 Å². The van der Waals surface area contributed by atoms with Crippen molar-refractivity contribution in [2.45, 2.75) is 89.4 Å². The smallest absolute Gasteiger partial charge is 0.255 e. The van der Waals surface area contributed by atoms with Gasteiger partial charge in [-0.15, -0.1) is 0 Å². The van der Waals surface area contributed by atoms with Gasteiger partial charge in [-0.25, -0.2) is 8.78 Å². The van der Waals surface area contributed by atoms with Gasteiger partial charge in [0.2, 0.25) is 0 Å². The van der Waals surface area contributed by atoms with Gasteiger partial charge in [0.05, 0.1) is 7.11 Å². The summed E-state index contributed by atoms with van der Waals surface area (Å²) < 4.78 is 35.1. The Kier molecular flexibility index (Phi) is 7.16. The van der Waals surface area contributed by atoms with Gasteiger partial charge in [0.25, 0.3) is 5.92 Å². The molecule has 1 nitrogen and oxygen atoms in total. The molecule has 0 amide bonds. The minimum atomic E-state index is -2.59. The monoisotopic (exact) mass is 378 g/mol. The van der Waals surface area contributed by atoms with Crippen molar-refractivity contribution in [3.8, 4) is 5.75 Å². The number of rotatable bonds is 7. The van der Waals surface area contributed by atoms with Crippen LogP contribution in [0.15, 0.2) is 24.3 Å². The fraction of sp³-hybridized carbons (Fsp3) is 0.750. The average Bonchev–Trinajstić information content (AvgIpc) is 2.68. The summed E-state index contributed by atoms with van der Waals surface area (Å²) in [6.07, 6.45) is 11.8. The van der Waals surface area contributed by atoms with Crippen LogP contribution in [-0.4, -0.2) is 13.0 Å². The predicted molar refractivity (Wildman–Crippen MR) is 108 cm³/mol. The number of hydrogen-bond acceptors (Lipinski definition) is 1. The predicted octanol–water partition coefficient (Wildman–Crippen LogP) is 7.60. The fourth-order valence-electron chi connectivity index (χ4n) is 5.47. The lowest BCUT2D eigenvalue weighted by molar-refractivity contribution is -0.0845. The van der Waals surface area contributed by atoms with E-state index in [1.54, 1.807) is 19.2 Å². The van der Waals surface area contributed by atoms with Crippen LogP contribution in [0.1, 0.15) is 89.0 Å². The van der Waals surface area contributed by atoms with Crippen LogP contribution in [0.5, 0.6) is 5.75 Å². The van der Waals surface area contributed by atoms with Gasteiger partial charge in [-0.2, -0.15) is 0 Å². The highest BCUT2D eigenvalue weighted by molar-refractivity contribution is 5.31. The van der Waals surface area contributed by atoms with E-state index in [2.05, 4.69) is 6.92 Å². The average molecular weight is 379 g/mol. The first-order chi connectivity index (χ1) is 13.0. The summed E-state index contributed by atoms with van der Waals surface area (Å²) in [7, 11) is 1.60. The number of hydrogen-bond donors (Lipinski definition) is 0. The fourth-order valence-corrected chi connectivity index (χ4v) is 5.47. The Balaban J connectivity index is 1.53. The van der Waals surface area contributed by atoms with Crippen molar-refractivity contribution in [1.82, 2.24) is 0 Å². The molecule has 2 aliphatic rings. The molecule has 2 saturated carbocycles. The molecular formula is C24H36F2O. The van der Waals surface area contributed by atoms with E-state index in [0.717, 1.165) is 23.7 Å². The van der Waals surface area contributed by atoms with E-state index in [9.17, 15) is 8.78 Å². The highest BCUT2D eigenvalue weighted by atomic mass is 19.3. The zero-order valence-electron chi connectivity index (χ0n) is 17.1. The van der Waals surface area contributed by atoms with Crippen molar-refractivity contribution >= 4 is 0 Å². The Labute approximate surface area is 163 Å². The molecule has 0 spiro atoms. The first-order valence-electron chi connectivity index (χ1n) is 11.0. The van der Waals surface area contributed by atoms with Gasteiger partial charge in [-0.3, -0.25) is 0 Å². The molecule has 2 atom stereocenters. The molecule has 2 unspecified atom stereocenters. The molecule has 2 aliphatic carbocycles. The van der Waals surface area contributed by atoms with Gasteiger partial charge in [-0.05, 0) is 61.1 Å². The van der Waals surface area contributed by atoms with Gasteiger partial charge >= 0.3 is 0 Å². The number of methoxy groups -OCH3 is 1. The SMILES string of the molecule is CCCCCC1CCC(C2CCC(c3ccc(OC)cc3)C(F)(F)C2)CC1. The molecule has 0 heterocycles. The third-order valence-corrected chi connectivity index (χ3v) is 7.16. The van der Waals surface area contributed by atoms with Gasteiger partial charge in [0.15, 0.2) is 0 Å². The van der Waals surface area contributed by atoms with E-state index < -0.39 is 11.8 Å². The summed E-state index contributed by atoms with van der Waals surface area (Å²) in [5.74, 6) is -0.906. The van der Waals surface area contributed by atoms with E-state index in [1.807, 2.05) is 12.1 Å². The maximum atomic E-state index is 15.0. The molecule has 0 bridgehead atoms. The lowest BCUT2D eigenvalue weighted by atomic mass is 9.66. The highest BCUT2D eigenvalue weighted by Gasteiger charge is 2.47. The summed E-state index contributed by atoms with van der Waals surface area (Å²) in [6.45, 7) is 2.25. The van der Waals surface area contributed by atoms with Crippen molar-refractivity contribution in [3.63, 3.8) is 0 Å². The van der Waals surface area contributed by atoms with Crippen LogP contribution >= 0.6 is 0 Å². The number of alkyl halides is 2. The zero-order chi connectivity index (χ0) is 19.3. The molecule has 1 aromatic rings. The molecule has 0 radical (unpaired) electrons. The van der Waals surface area contributed by atoms with Crippen LogP contribution in [-0.2, 0) is 0 Å². The van der Waals surface area contributed by atoms with Crippen molar-refractivity contribution < 1.29 is 13.5 Å². The van der Waals surface area contributed by atoms with Crippen LogP contribution in [0.4, 0.5) is 8.78 Å².